The first-order chi connectivity index (χ1) is 15.2. The predicted molar refractivity (Wildman–Crippen MR) is 137 cm³/mol. The SMILES string of the molecule is NC(=S)N(c1ccc(Sc2c(O)c3c(Cl)cc(Cl)cc3[nH]c2=O)cc1)c1cccc(Cl)c1. The summed E-state index contributed by atoms with van der Waals surface area (Å²) in [6.45, 7) is 0. The number of benzene rings is 3. The number of rotatable bonds is 4. The fourth-order valence-corrected chi connectivity index (χ4v) is 5.04. The number of anilines is 2. The molecule has 5 nitrogen and oxygen atoms in total. The topological polar surface area (TPSA) is 82.3 Å². The van der Waals surface area contributed by atoms with Gasteiger partial charge in [0, 0.05) is 26.3 Å². The van der Waals surface area contributed by atoms with Gasteiger partial charge in [-0.2, -0.15) is 0 Å². The number of aromatic hydroxyl groups is 1. The highest BCUT2D eigenvalue weighted by Crippen LogP contribution is 2.40. The van der Waals surface area contributed by atoms with Gasteiger partial charge in [0.1, 0.15) is 10.6 Å². The van der Waals surface area contributed by atoms with Crippen LogP contribution in [0.25, 0.3) is 10.9 Å². The van der Waals surface area contributed by atoms with Gasteiger partial charge in [-0.15, -0.1) is 0 Å². The smallest absolute Gasteiger partial charge is 0.266 e. The maximum absolute atomic E-state index is 12.6. The molecule has 0 spiro atoms. The molecule has 4 N–H and O–H groups in total. The third kappa shape index (κ3) is 4.53. The lowest BCUT2D eigenvalue weighted by atomic mass is 10.2. The summed E-state index contributed by atoms with van der Waals surface area (Å²) in [5, 5.41) is 12.4. The Morgan fingerprint density at radius 2 is 1.72 bits per heavy atom. The maximum Gasteiger partial charge on any atom is 0.266 e. The monoisotopic (exact) mass is 521 g/mol. The normalized spacial score (nSPS) is 11.0. The molecule has 162 valence electrons. The summed E-state index contributed by atoms with van der Waals surface area (Å²) in [7, 11) is 0. The lowest BCUT2D eigenvalue weighted by molar-refractivity contribution is 0.467. The molecule has 0 saturated heterocycles. The minimum absolute atomic E-state index is 0.121. The van der Waals surface area contributed by atoms with E-state index in [-0.39, 0.29) is 20.8 Å². The highest BCUT2D eigenvalue weighted by Gasteiger charge is 2.17. The van der Waals surface area contributed by atoms with Crippen molar-refractivity contribution in [1.29, 1.82) is 0 Å². The van der Waals surface area contributed by atoms with E-state index in [9.17, 15) is 9.90 Å². The molecule has 0 atom stereocenters. The van der Waals surface area contributed by atoms with E-state index in [0.29, 0.717) is 25.8 Å². The van der Waals surface area contributed by atoms with Crippen molar-refractivity contribution in [3.8, 4) is 5.75 Å². The molecule has 0 bridgehead atoms. The number of halogens is 3. The number of H-pyrrole nitrogens is 1. The van der Waals surface area contributed by atoms with E-state index in [1.54, 1.807) is 47.4 Å². The van der Waals surface area contributed by atoms with Crippen molar-refractivity contribution < 1.29 is 5.11 Å². The first-order valence-electron chi connectivity index (χ1n) is 9.11. The summed E-state index contributed by atoms with van der Waals surface area (Å²) in [5.41, 5.74) is 7.29. The standard InChI is InChI=1S/C22H14Cl3N3O2S2/c23-11-2-1-3-14(8-11)28(22(26)31)13-4-6-15(7-5-13)32-20-19(29)18-16(25)9-12(24)10-17(18)27-21(20)30/h1-10H,(H2,26,31)(H2,27,29,30). The number of nitrogens with two attached hydrogens (primary N) is 1. The van der Waals surface area contributed by atoms with Crippen LogP contribution in [0.15, 0.2) is 75.2 Å². The minimum Gasteiger partial charge on any atom is -0.506 e. The number of aromatic nitrogens is 1. The third-order valence-corrected chi connectivity index (χ3v) is 6.59. The van der Waals surface area contributed by atoms with Gasteiger partial charge in [0.05, 0.1) is 15.9 Å². The van der Waals surface area contributed by atoms with Crippen molar-refractivity contribution in [2.24, 2.45) is 5.73 Å². The first kappa shape index (κ1) is 22.8. The van der Waals surface area contributed by atoms with Crippen LogP contribution in [0.3, 0.4) is 0 Å². The fourth-order valence-electron chi connectivity index (χ4n) is 3.21. The molecule has 0 fully saturated rings. The quantitative estimate of drug-likeness (QED) is 0.258. The van der Waals surface area contributed by atoms with Gasteiger partial charge in [0.2, 0.25) is 0 Å². The zero-order valence-electron chi connectivity index (χ0n) is 16.1. The molecule has 1 aromatic heterocycles. The Balaban J connectivity index is 1.69. The summed E-state index contributed by atoms with van der Waals surface area (Å²) < 4.78 is 0. The second kappa shape index (κ2) is 9.21. The molecule has 0 aliphatic heterocycles. The first-order valence-corrected chi connectivity index (χ1v) is 11.5. The van der Waals surface area contributed by atoms with Gasteiger partial charge in [-0.05, 0) is 66.8 Å². The molecule has 1 heterocycles. The lowest BCUT2D eigenvalue weighted by Gasteiger charge is -2.23. The summed E-state index contributed by atoms with van der Waals surface area (Å²) in [5.74, 6) is -0.205. The van der Waals surface area contributed by atoms with Crippen molar-refractivity contribution in [1.82, 2.24) is 4.98 Å². The molecule has 0 saturated carbocycles. The van der Waals surface area contributed by atoms with E-state index in [4.69, 9.17) is 52.8 Å². The Labute approximate surface area is 207 Å². The largest absolute Gasteiger partial charge is 0.506 e. The van der Waals surface area contributed by atoms with Crippen LogP contribution >= 0.6 is 58.8 Å². The van der Waals surface area contributed by atoms with Gasteiger partial charge in [-0.25, -0.2) is 0 Å². The van der Waals surface area contributed by atoms with Gasteiger partial charge >= 0.3 is 0 Å². The number of aromatic amines is 1. The number of nitrogens with zero attached hydrogens (tertiary/aromatic N) is 1. The van der Waals surface area contributed by atoms with Gasteiger partial charge in [0.25, 0.3) is 5.56 Å². The summed E-state index contributed by atoms with van der Waals surface area (Å²) in [4.78, 5) is 17.8. The van der Waals surface area contributed by atoms with Crippen LogP contribution in [-0.2, 0) is 0 Å². The second-order valence-electron chi connectivity index (χ2n) is 6.69. The van der Waals surface area contributed by atoms with Crippen molar-refractivity contribution in [2.75, 3.05) is 4.90 Å². The van der Waals surface area contributed by atoms with Gasteiger partial charge < -0.3 is 15.8 Å². The fraction of sp³-hybridized carbons (Fsp3) is 0. The maximum atomic E-state index is 12.6. The Kier molecular flexibility index (Phi) is 6.55. The van der Waals surface area contributed by atoms with E-state index >= 15 is 0 Å². The zero-order chi connectivity index (χ0) is 23.0. The molecule has 4 rings (SSSR count). The van der Waals surface area contributed by atoms with Crippen LogP contribution in [0, 0.1) is 0 Å². The van der Waals surface area contributed by atoms with Crippen LogP contribution in [0.2, 0.25) is 15.1 Å². The molecule has 3 aromatic carbocycles. The van der Waals surface area contributed by atoms with E-state index < -0.39 is 5.56 Å². The summed E-state index contributed by atoms with van der Waals surface area (Å²) >= 11 is 24.7. The average Bonchev–Trinajstić information content (AvgIpc) is 2.71. The number of thiocarbonyl (C=S) groups is 1. The molecule has 0 unspecified atom stereocenters. The Hall–Kier alpha value is -2.42. The lowest BCUT2D eigenvalue weighted by Crippen LogP contribution is -2.31. The molecular formula is C22H14Cl3N3O2S2. The number of hydrogen-bond acceptors (Lipinski definition) is 4. The van der Waals surface area contributed by atoms with E-state index in [0.717, 1.165) is 23.1 Å². The van der Waals surface area contributed by atoms with Gasteiger partial charge in [0.15, 0.2) is 5.11 Å². The van der Waals surface area contributed by atoms with Crippen LogP contribution < -0.4 is 16.2 Å². The zero-order valence-corrected chi connectivity index (χ0v) is 20.0. The van der Waals surface area contributed by atoms with Crippen LogP contribution in [0.4, 0.5) is 11.4 Å². The molecule has 0 aliphatic carbocycles. The molecule has 4 aromatic rings. The molecule has 10 heteroatoms. The number of hydrogen-bond donors (Lipinski definition) is 3. The average molecular weight is 523 g/mol. The molecule has 0 amide bonds. The van der Waals surface area contributed by atoms with Crippen molar-refractivity contribution in [3.05, 3.63) is 86.1 Å². The molecular weight excluding hydrogens is 509 g/mol. The minimum atomic E-state index is -0.453. The number of nitrogens with one attached hydrogen (secondary N) is 1. The number of pyridine rings is 1. The van der Waals surface area contributed by atoms with Gasteiger partial charge in [-0.3, -0.25) is 9.69 Å². The predicted octanol–water partition coefficient (Wildman–Crippen LogP) is 6.73. The third-order valence-electron chi connectivity index (χ3n) is 4.56. The number of fused-ring (bicyclic) bond motifs is 1. The molecule has 0 radical (unpaired) electrons. The Morgan fingerprint density at radius 1 is 1.00 bits per heavy atom. The van der Waals surface area contributed by atoms with Crippen LogP contribution in [0.5, 0.6) is 5.75 Å². The van der Waals surface area contributed by atoms with Crippen molar-refractivity contribution >= 4 is 86.2 Å². The van der Waals surface area contributed by atoms with Crippen molar-refractivity contribution in [2.45, 2.75) is 9.79 Å². The Bertz CT molecular complexity index is 1410. The highest BCUT2D eigenvalue weighted by atomic mass is 35.5. The second-order valence-corrected chi connectivity index (χ2v) is 9.47. The Morgan fingerprint density at radius 3 is 2.38 bits per heavy atom. The van der Waals surface area contributed by atoms with Crippen LogP contribution in [0.1, 0.15) is 0 Å². The van der Waals surface area contributed by atoms with Crippen LogP contribution in [-0.4, -0.2) is 15.2 Å². The van der Waals surface area contributed by atoms with E-state index in [1.807, 2.05) is 6.07 Å². The summed E-state index contributed by atoms with van der Waals surface area (Å²) in [6.07, 6.45) is 0. The summed E-state index contributed by atoms with van der Waals surface area (Å²) in [6, 6.07) is 17.4. The molecule has 0 aliphatic rings. The molecule has 32 heavy (non-hydrogen) atoms. The highest BCUT2D eigenvalue weighted by molar-refractivity contribution is 7.99. The van der Waals surface area contributed by atoms with Crippen molar-refractivity contribution in [3.63, 3.8) is 0 Å². The van der Waals surface area contributed by atoms with E-state index in [1.165, 1.54) is 12.1 Å². The van der Waals surface area contributed by atoms with Gasteiger partial charge in [-0.1, -0.05) is 52.6 Å². The van der Waals surface area contributed by atoms with E-state index in [2.05, 4.69) is 4.98 Å².